The number of nitrogens with zero attached hydrogens (tertiary/aromatic N) is 3. The minimum absolute atomic E-state index is 0.0391. The first kappa shape index (κ1) is 16.4. The zero-order chi connectivity index (χ0) is 19.1. The molecular formula is C17H11N5O5. The first-order valence-electron chi connectivity index (χ1n) is 7.81. The van der Waals surface area contributed by atoms with Crippen molar-refractivity contribution in [3.8, 4) is 0 Å². The van der Waals surface area contributed by atoms with E-state index in [4.69, 9.17) is 0 Å². The molecule has 4 rings (SSSR count). The number of hydrogen-bond donors (Lipinski definition) is 2. The highest BCUT2D eigenvalue weighted by molar-refractivity contribution is 6.23. The highest BCUT2D eigenvalue weighted by Crippen LogP contribution is 2.26. The van der Waals surface area contributed by atoms with Crippen molar-refractivity contribution in [3.63, 3.8) is 0 Å². The Morgan fingerprint density at radius 3 is 2.70 bits per heavy atom. The van der Waals surface area contributed by atoms with Gasteiger partial charge >= 0.3 is 0 Å². The Morgan fingerprint density at radius 2 is 1.93 bits per heavy atom. The quantitative estimate of drug-likeness (QED) is 0.410. The van der Waals surface area contributed by atoms with E-state index in [0.717, 1.165) is 27.9 Å². The number of aromatic nitrogens is 2. The molecule has 0 saturated heterocycles. The Morgan fingerprint density at radius 1 is 1.15 bits per heavy atom. The van der Waals surface area contributed by atoms with Crippen LogP contribution in [0.2, 0.25) is 0 Å². The van der Waals surface area contributed by atoms with Crippen LogP contribution in [0.5, 0.6) is 0 Å². The van der Waals surface area contributed by atoms with Crippen LogP contribution >= 0.6 is 0 Å². The van der Waals surface area contributed by atoms with Crippen LogP contribution in [-0.4, -0.2) is 44.3 Å². The molecule has 27 heavy (non-hydrogen) atoms. The van der Waals surface area contributed by atoms with Crippen molar-refractivity contribution >= 4 is 40.0 Å². The Bertz CT molecular complexity index is 1140. The van der Waals surface area contributed by atoms with E-state index in [9.17, 15) is 24.5 Å². The second-order valence-corrected chi connectivity index (χ2v) is 5.90. The molecule has 2 aromatic carbocycles. The monoisotopic (exact) mass is 365 g/mol. The molecule has 0 aliphatic carbocycles. The summed E-state index contributed by atoms with van der Waals surface area (Å²) in [5.74, 6) is -1.97. The van der Waals surface area contributed by atoms with Crippen LogP contribution < -0.4 is 5.32 Å². The van der Waals surface area contributed by atoms with Gasteiger partial charge in [0.25, 0.3) is 17.5 Å². The molecule has 134 valence electrons. The normalized spacial score (nSPS) is 13.1. The summed E-state index contributed by atoms with van der Waals surface area (Å²) in [4.78, 5) is 48.0. The van der Waals surface area contributed by atoms with Crippen LogP contribution in [0.25, 0.3) is 10.9 Å². The van der Waals surface area contributed by atoms with Gasteiger partial charge in [-0.05, 0) is 24.3 Å². The second kappa shape index (κ2) is 6.02. The zero-order valence-electron chi connectivity index (χ0n) is 13.6. The number of non-ortho nitro benzene ring substituents is 1. The number of nitrogens with one attached hydrogen (secondary N) is 2. The van der Waals surface area contributed by atoms with Gasteiger partial charge in [0.05, 0.1) is 27.8 Å². The van der Waals surface area contributed by atoms with Crippen LogP contribution in [0, 0.1) is 10.1 Å². The first-order chi connectivity index (χ1) is 12.9. The second-order valence-electron chi connectivity index (χ2n) is 5.90. The lowest BCUT2D eigenvalue weighted by Crippen LogP contribution is -2.37. The number of imide groups is 1. The van der Waals surface area contributed by atoms with Crippen molar-refractivity contribution in [1.29, 1.82) is 0 Å². The third-order valence-electron chi connectivity index (χ3n) is 4.19. The number of carbonyl (C=O) groups is 3. The molecule has 0 atom stereocenters. The summed E-state index contributed by atoms with van der Waals surface area (Å²) >= 11 is 0. The Labute approximate surface area is 150 Å². The fourth-order valence-electron chi connectivity index (χ4n) is 2.89. The SMILES string of the molecule is O=C(CN1C(=O)c2ccc([N+](=O)[O-])cc2C1=O)Nc1ccc2cn[nH]c2c1. The fraction of sp³-hybridized carbons (Fsp3) is 0.0588. The van der Waals surface area contributed by atoms with Gasteiger partial charge in [0.15, 0.2) is 0 Å². The molecule has 0 saturated carbocycles. The minimum atomic E-state index is -0.738. The van der Waals surface area contributed by atoms with Gasteiger partial charge in [-0.3, -0.25) is 34.5 Å². The molecule has 2 N–H and O–H groups in total. The molecule has 3 amide bonds. The minimum Gasteiger partial charge on any atom is -0.324 e. The highest BCUT2D eigenvalue weighted by atomic mass is 16.6. The maximum absolute atomic E-state index is 12.4. The van der Waals surface area contributed by atoms with Gasteiger partial charge in [-0.2, -0.15) is 5.10 Å². The summed E-state index contributed by atoms with van der Waals surface area (Å²) in [6, 6.07) is 8.51. The molecule has 2 heterocycles. The summed E-state index contributed by atoms with van der Waals surface area (Å²) in [5.41, 5.74) is 0.858. The molecule has 1 aromatic heterocycles. The maximum Gasteiger partial charge on any atom is 0.270 e. The van der Waals surface area contributed by atoms with Gasteiger partial charge in [-0.25, -0.2) is 0 Å². The number of rotatable bonds is 4. The van der Waals surface area contributed by atoms with Crippen molar-refractivity contribution in [2.24, 2.45) is 0 Å². The number of aromatic amines is 1. The van der Waals surface area contributed by atoms with Crippen molar-refractivity contribution in [2.45, 2.75) is 0 Å². The number of amides is 3. The van der Waals surface area contributed by atoms with Crippen molar-refractivity contribution < 1.29 is 19.3 Å². The van der Waals surface area contributed by atoms with Gasteiger partial charge in [0.2, 0.25) is 5.91 Å². The predicted octanol–water partition coefficient (Wildman–Crippen LogP) is 1.71. The number of nitro groups is 1. The van der Waals surface area contributed by atoms with E-state index in [1.165, 1.54) is 6.07 Å². The number of benzene rings is 2. The molecule has 3 aromatic rings. The largest absolute Gasteiger partial charge is 0.324 e. The van der Waals surface area contributed by atoms with Gasteiger partial charge in [0, 0.05) is 23.2 Å². The summed E-state index contributed by atoms with van der Waals surface area (Å²) in [6.07, 6.45) is 1.64. The number of carbonyl (C=O) groups excluding carboxylic acids is 3. The Kier molecular flexibility index (Phi) is 3.65. The van der Waals surface area contributed by atoms with Gasteiger partial charge < -0.3 is 5.32 Å². The van der Waals surface area contributed by atoms with E-state index in [1.54, 1.807) is 24.4 Å². The summed E-state index contributed by atoms with van der Waals surface area (Å²) in [7, 11) is 0. The van der Waals surface area contributed by atoms with Crippen LogP contribution in [-0.2, 0) is 4.79 Å². The highest BCUT2D eigenvalue weighted by Gasteiger charge is 2.37. The van der Waals surface area contributed by atoms with Gasteiger partial charge in [-0.15, -0.1) is 0 Å². The lowest BCUT2D eigenvalue weighted by atomic mass is 10.1. The van der Waals surface area contributed by atoms with Crippen LogP contribution in [0.3, 0.4) is 0 Å². The average molecular weight is 365 g/mol. The Balaban J connectivity index is 1.52. The third kappa shape index (κ3) is 2.78. The molecule has 0 bridgehead atoms. The van der Waals surface area contributed by atoms with Crippen molar-refractivity contribution in [3.05, 3.63) is 63.8 Å². The van der Waals surface area contributed by atoms with Crippen LogP contribution in [0.4, 0.5) is 11.4 Å². The molecule has 0 radical (unpaired) electrons. The van der Waals surface area contributed by atoms with Crippen molar-refractivity contribution in [2.75, 3.05) is 11.9 Å². The third-order valence-corrected chi connectivity index (χ3v) is 4.19. The number of fused-ring (bicyclic) bond motifs is 2. The molecule has 0 unspecified atom stereocenters. The van der Waals surface area contributed by atoms with E-state index in [-0.39, 0.29) is 16.8 Å². The average Bonchev–Trinajstić information content (AvgIpc) is 3.20. The predicted molar refractivity (Wildman–Crippen MR) is 93.2 cm³/mol. The molecule has 0 fully saturated rings. The van der Waals surface area contributed by atoms with E-state index >= 15 is 0 Å². The topological polar surface area (TPSA) is 138 Å². The molecule has 10 nitrogen and oxygen atoms in total. The number of hydrogen-bond acceptors (Lipinski definition) is 6. The standard InChI is InChI=1S/C17H11N5O5/c23-15(19-10-2-1-9-7-18-20-14(9)5-10)8-21-16(24)12-4-3-11(22(26)27)6-13(12)17(21)25/h1-7H,8H2,(H,18,20)(H,19,23). The smallest absolute Gasteiger partial charge is 0.270 e. The zero-order valence-corrected chi connectivity index (χ0v) is 13.6. The van der Waals surface area contributed by atoms with E-state index in [1.807, 2.05) is 0 Å². The molecular weight excluding hydrogens is 354 g/mol. The Hall–Kier alpha value is -4.08. The number of H-pyrrole nitrogens is 1. The number of anilines is 1. The van der Waals surface area contributed by atoms with E-state index in [2.05, 4.69) is 15.5 Å². The summed E-state index contributed by atoms with van der Waals surface area (Å²) < 4.78 is 0. The first-order valence-corrected chi connectivity index (χ1v) is 7.81. The van der Waals surface area contributed by atoms with Crippen LogP contribution in [0.1, 0.15) is 20.7 Å². The number of nitro benzene ring substituents is 1. The van der Waals surface area contributed by atoms with Crippen LogP contribution in [0.15, 0.2) is 42.6 Å². The van der Waals surface area contributed by atoms with Gasteiger partial charge in [-0.1, -0.05) is 0 Å². The van der Waals surface area contributed by atoms with E-state index < -0.39 is 29.2 Å². The summed E-state index contributed by atoms with van der Waals surface area (Å²) in [6.45, 7) is -0.499. The molecule has 0 spiro atoms. The lowest BCUT2D eigenvalue weighted by molar-refractivity contribution is -0.384. The van der Waals surface area contributed by atoms with Crippen molar-refractivity contribution in [1.82, 2.24) is 15.1 Å². The van der Waals surface area contributed by atoms with E-state index in [0.29, 0.717) is 5.69 Å². The van der Waals surface area contributed by atoms with Gasteiger partial charge in [0.1, 0.15) is 6.54 Å². The molecule has 1 aliphatic heterocycles. The fourth-order valence-corrected chi connectivity index (χ4v) is 2.89. The maximum atomic E-state index is 12.4. The summed E-state index contributed by atoms with van der Waals surface area (Å²) in [5, 5.41) is 21.0. The molecule has 1 aliphatic rings. The molecule has 10 heteroatoms. The lowest BCUT2D eigenvalue weighted by Gasteiger charge is -2.13.